The van der Waals surface area contributed by atoms with Crippen molar-refractivity contribution in [2.24, 2.45) is 0 Å². The number of nitrogens with one attached hydrogen (secondary N) is 3. The van der Waals surface area contributed by atoms with Gasteiger partial charge in [-0.2, -0.15) is 0 Å². The van der Waals surface area contributed by atoms with Crippen molar-refractivity contribution < 1.29 is 19.1 Å². The van der Waals surface area contributed by atoms with Crippen LogP contribution in [-0.4, -0.2) is 23.8 Å². The molecule has 166 valence electrons. The Morgan fingerprint density at radius 1 is 0.871 bits per heavy atom. The number of hydrogen-bond donors (Lipinski definition) is 3. The maximum atomic E-state index is 12.1. The number of hydrogen-bond acceptors (Lipinski definition) is 4. The Bertz CT molecular complexity index is 923. The second-order valence-electron chi connectivity index (χ2n) is 7.89. The molecule has 0 saturated heterocycles. The molecular weight excluding hydrogens is 394 g/mol. The van der Waals surface area contributed by atoms with Gasteiger partial charge in [0.25, 0.3) is 5.91 Å². The second kappa shape index (κ2) is 11.2. The standard InChI is InChI=1S/C24H31N3O4/c1-15(2)19-8-10-20(11-9-19)31-18(5)24(30)27-26-23(29)13-12-22(28)25-21-14-16(3)6-7-17(21)4/h6-11,14-15,18H,12-13H2,1-5H3,(H,25,28)(H,26,29)(H,27,30). The first-order valence-corrected chi connectivity index (χ1v) is 10.4. The lowest BCUT2D eigenvalue weighted by Crippen LogP contribution is -2.47. The van der Waals surface area contributed by atoms with Crippen LogP contribution in [0.2, 0.25) is 0 Å². The average molecular weight is 426 g/mol. The maximum Gasteiger partial charge on any atom is 0.279 e. The molecule has 1 atom stereocenters. The van der Waals surface area contributed by atoms with Crippen molar-refractivity contribution in [3.8, 4) is 5.75 Å². The number of hydrazine groups is 1. The van der Waals surface area contributed by atoms with Crippen LogP contribution in [0.3, 0.4) is 0 Å². The van der Waals surface area contributed by atoms with Crippen LogP contribution in [0.4, 0.5) is 5.69 Å². The number of anilines is 1. The van der Waals surface area contributed by atoms with Gasteiger partial charge in [-0.3, -0.25) is 25.2 Å². The van der Waals surface area contributed by atoms with E-state index in [1.807, 2.05) is 56.3 Å². The average Bonchev–Trinajstić information content (AvgIpc) is 2.73. The number of carbonyl (C=O) groups is 3. The number of aryl methyl sites for hydroxylation is 2. The fourth-order valence-electron chi connectivity index (χ4n) is 2.79. The molecule has 0 saturated carbocycles. The van der Waals surface area contributed by atoms with Crippen LogP contribution in [-0.2, 0) is 14.4 Å². The Balaban J connectivity index is 1.72. The summed E-state index contributed by atoms with van der Waals surface area (Å²) < 4.78 is 5.60. The summed E-state index contributed by atoms with van der Waals surface area (Å²) in [5, 5.41) is 2.80. The highest BCUT2D eigenvalue weighted by atomic mass is 16.5. The zero-order valence-corrected chi connectivity index (χ0v) is 18.7. The van der Waals surface area contributed by atoms with E-state index in [1.165, 1.54) is 5.56 Å². The monoisotopic (exact) mass is 425 g/mol. The molecule has 3 N–H and O–H groups in total. The fourth-order valence-corrected chi connectivity index (χ4v) is 2.79. The summed E-state index contributed by atoms with van der Waals surface area (Å²) in [7, 11) is 0. The second-order valence-corrected chi connectivity index (χ2v) is 7.89. The summed E-state index contributed by atoms with van der Waals surface area (Å²) in [6.45, 7) is 9.63. The zero-order chi connectivity index (χ0) is 23.0. The Morgan fingerprint density at radius 3 is 2.16 bits per heavy atom. The van der Waals surface area contributed by atoms with Crippen LogP contribution in [0.5, 0.6) is 5.75 Å². The number of ether oxygens (including phenoxy) is 1. The molecule has 2 aromatic rings. The maximum absolute atomic E-state index is 12.1. The molecule has 2 aromatic carbocycles. The fraction of sp³-hybridized carbons (Fsp3) is 0.375. The van der Waals surface area contributed by atoms with Crippen molar-refractivity contribution in [3.63, 3.8) is 0 Å². The highest BCUT2D eigenvalue weighted by Gasteiger charge is 2.16. The van der Waals surface area contributed by atoms with Crippen LogP contribution in [0.25, 0.3) is 0 Å². The number of rotatable bonds is 8. The summed E-state index contributed by atoms with van der Waals surface area (Å²) in [5.41, 5.74) is 8.53. The van der Waals surface area contributed by atoms with Gasteiger partial charge in [-0.25, -0.2) is 0 Å². The molecule has 3 amide bonds. The van der Waals surface area contributed by atoms with Gasteiger partial charge in [-0.05, 0) is 61.6 Å². The molecule has 31 heavy (non-hydrogen) atoms. The van der Waals surface area contributed by atoms with Gasteiger partial charge in [0.1, 0.15) is 5.75 Å². The third-order valence-corrected chi connectivity index (χ3v) is 4.80. The van der Waals surface area contributed by atoms with Crippen molar-refractivity contribution in [3.05, 3.63) is 59.2 Å². The third-order valence-electron chi connectivity index (χ3n) is 4.80. The molecule has 7 heteroatoms. The molecule has 7 nitrogen and oxygen atoms in total. The van der Waals surface area contributed by atoms with Crippen molar-refractivity contribution in [1.29, 1.82) is 0 Å². The van der Waals surface area contributed by atoms with E-state index in [2.05, 4.69) is 30.0 Å². The summed E-state index contributed by atoms with van der Waals surface area (Å²) >= 11 is 0. The molecule has 0 aliphatic carbocycles. The Hall–Kier alpha value is -3.35. The SMILES string of the molecule is Cc1ccc(C)c(NC(=O)CCC(=O)NNC(=O)C(C)Oc2ccc(C(C)C)cc2)c1. The van der Waals surface area contributed by atoms with Gasteiger partial charge in [-0.15, -0.1) is 0 Å². The van der Waals surface area contributed by atoms with Crippen LogP contribution in [0, 0.1) is 13.8 Å². The molecule has 0 aliphatic heterocycles. The number of amides is 3. The molecule has 1 unspecified atom stereocenters. The predicted octanol–water partition coefficient (Wildman–Crippen LogP) is 3.76. The van der Waals surface area contributed by atoms with E-state index in [0.717, 1.165) is 16.8 Å². The highest BCUT2D eigenvalue weighted by molar-refractivity contribution is 5.94. The van der Waals surface area contributed by atoms with Gasteiger partial charge in [0.05, 0.1) is 0 Å². The quantitative estimate of drug-likeness (QED) is 0.561. The topological polar surface area (TPSA) is 96.5 Å². The van der Waals surface area contributed by atoms with Gasteiger partial charge < -0.3 is 10.1 Å². The molecular formula is C24H31N3O4. The predicted molar refractivity (Wildman–Crippen MR) is 121 cm³/mol. The van der Waals surface area contributed by atoms with E-state index in [0.29, 0.717) is 11.7 Å². The zero-order valence-electron chi connectivity index (χ0n) is 18.7. The summed E-state index contributed by atoms with van der Waals surface area (Å²) in [6.07, 6.45) is -0.843. The summed E-state index contributed by atoms with van der Waals surface area (Å²) in [4.78, 5) is 36.2. The van der Waals surface area contributed by atoms with E-state index in [-0.39, 0.29) is 18.7 Å². The number of carbonyl (C=O) groups excluding carboxylic acids is 3. The molecule has 0 radical (unpaired) electrons. The minimum absolute atomic E-state index is 0.00331. The number of benzene rings is 2. The van der Waals surface area contributed by atoms with E-state index >= 15 is 0 Å². The molecule has 0 aromatic heterocycles. The van der Waals surface area contributed by atoms with Crippen molar-refractivity contribution in [2.75, 3.05) is 5.32 Å². The molecule has 0 aliphatic rings. The van der Waals surface area contributed by atoms with Crippen LogP contribution in [0.15, 0.2) is 42.5 Å². The molecule has 2 rings (SSSR count). The van der Waals surface area contributed by atoms with E-state index in [9.17, 15) is 14.4 Å². The Morgan fingerprint density at radius 2 is 1.52 bits per heavy atom. The van der Waals surface area contributed by atoms with Crippen molar-refractivity contribution in [2.45, 2.75) is 59.5 Å². The molecule has 0 heterocycles. The lowest BCUT2D eigenvalue weighted by molar-refractivity contribution is -0.133. The smallest absolute Gasteiger partial charge is 0.279 e. The van der Waals surface area contributed by atoms with Crippen molar-refractivity contribution in [1.82, 2.24) is 10.9 Å². The Kier molecular flexibility index (Phi) is 8.61. The van der Waals surface area contributed by atoms with Gasteiger partial charge in [-0.1, -0.05) is 38.1 Å². The largest absolute Gasteiger partial charge is 0.481 e. The lowest BCUT2D eigenvalue weighted by atomic mass is 10.0. The van der Waals surface area contributed by atoms with E-state index < -0.39 is 17.9 Å². The lowest BCUT2D eigenvalue weighted by Gasteiger charge is -2.16. The molecule has 0 fully saturated rings. The first-order valence-electron chi connectivity index (χ1n) is 10.4. The first-order chi connectivity index (χ1) is 14.7. The summed E-state index contributed by atoms with van der Waals surface area (Å²) in [6, 6.07) is 13.3. The molecule has 0 spiro atoms. The summed E-state index contributed by atoms with van der Waals surface area (Å²) in [5.74, 6) is -0.231. The van der Waals surface area contributed by atoms with Crippen molar-refractivity contribution >= 4 is 23.4 Å². The highest BCUT2D eigenvalue weighted by Crippen LogP contribution is 2.19. The first kappa shape index (κ1) is 23.9. The van der Waals surface area contributed by atoms with Gasteiger partial charge in [0.2, 0.25) is 11.8 Å². The van der Waals surface area contributed by atoms with E-state index in [4.69, 9.17) is 4.74 Å². The normalized spacial score (nSPS) is 11.5. The van der Waals surface area contributed by atoms with Crippen LogP contribution in [0.1, 0.15) is 56.2 Å². The minimum Gasteiger partial charge on any atom is -0.481 e. The van der Waals surface area contributed by atoms with Gasteiger partial charge >= 0.3 is 0 Å². The minimum atomic E-state index is -0.794. The Labute approximate surface area is 183 Å². The van der Waals surface area contributed by atoms with Gasteiger partial charge in [0.15, 0.2) is 6.10 Å². The third kappa shape index (κ3) is 7.77. The van der Waals surface area contributed by atoms with Gasteiger partial charge in [0, 0.05) is 18.5 Å². The van der Waals surface area contributed by atoms with Crippen LogP contribution < -0.4 is 20.9 Å². The molecule has 0 bridgehead atoms. The van der Waals surface area contributed by atoms with E-state index in [1.54, 1.807) is 6.92 Å². The van der Waals surface area contributed by atoms with Crippen LogP contribution >= 0.6 is 0 Å².